The Bertz CT molecular complexity index is 871. The molecule has 1 N–H and O–H groups in total. The molecule has 1 amide bonds. The van der Waals surface area contributed by atoms with Crippen LogP contribution in [0.4, 0.5) is 11.4 Å². The Kier molecular flexibility index (Phi) is 4.87. The fraction of sp³-hybridized carbons (Fsp3) is 0.400. The van der Waals surface area contributed by atoms with Crippen LogP contribution in [-0.2, 0) is 9.59 Å². The van der Waals surface area contributed by atoms with E-state index in [-0.39, 0.29) is 30.1 Å². The maximum atomic E-state index is 12.6. The van der Waals surface area contributed by atoms with Gasteiger partial charge in [0.25, 0.3) is 0 Å². The molecule has 1 aliphatic carbocycles. The second-order valence-electron chi connectivity index (χ2n) is 6.94. The summed E-state index contributed by atoms with van der Waals surface area (Å²) < 4.78 is 0. The van der Waals surface area contributed by atoms with E-state index >= 15 is 0 Å². The van der Waals surface area contributed by atoms with Gasteiger partial charge in [-0.2, -0.15) is 10.5 Å². The number of hydrogen-bond acceptors (Lipinski definition) is 6. The summed E-state index contributed by atoms with van der Waals surface area (Å²) in [5.41, 5.74) is 1.08. The molecule has 0 radical (unpaired) electrons. The molecule has 1 aromatic rings. The smallest absolute Gasteiger partial charge is 0.221 e. The van der Waals surface area contributed by atoms with Crippen molar-refractivity contribution in [3.63, 3.8) is 0 Å². The predicted molar refractivity (Wildman–Crippen MR) is 100 cm³/mol. The Morgan fingerprint density at radius 1 is 1.11 bits per heavy atom. The third-order valence-corrected chi connectivity index (χ3v) is 5.23. The van der Waals surface area contributed by atoms with Gasteiger partial charge in [0.2, 0.25) is 5.91 Å². The number of allylic oxidation sites excluding steroid dienone is 1. The average molecular weight is 363 g/mol. The molecule has 0 spiro atoms. The van der Waals surface area contributed by atoms with Crippen molar-refractivity contribution in [2.75, 3.05) is 23.9 Å². The van der Waals surface area contributed by atoms with Gasteiger partial charge >= 0.3 is 0 Å². The van der Waals surface area contributed by atoms with Crippen LogP contribution >= 0.6 is 0 Å². The largest absolute Gasteiger partial charge is 0.338 e. The van der Waals surface area contributed by atoms with E-state index in [1.54, 1.807) is 0 Å². The first-order chi connectivity index (χ1) is 12.9. The number of nitrogens with one attached hydrogen (secondary N) is 1. The van der Waals surface area contributed by atoms with E-state index in [0.29, 0.717) is 18.7 Å². The first-order valence-corrected chi connectivity index (χ1v) is 8.89. The van der Waals surface area contributed by atoms with Crippen LogP contribution in [0.3, 0.4) is 0 Å². The van der Waals surface area contributed by atoms with Crippen LogP contribution < -0.4 is 15.1 Å². The molecule has 0 saturated heterocycles. The normalized spacial score (nSPS) is 16.7. The van der Waals surface area contributed by atoms with Gasteiger partial charge in [-0.15, -0.1) is 0 Å². The average Bonchev–Trinajstić information content (AvgIpc) is 2.89. The summed E-state index contributed by atoms with van der Waals surface area (Å²) in [7, 11) is 3.62. The number of nitriles is 2. The van der Waals surface area contributed by atoms with Crippen LogP contribution in [0.2, 0.25) is 0 Å². The van der Waals surface area contributed by atoms with Crippen molar-refractivity contribution >= 4 is 23.1 Å². The summed E-state index contributed by atoms with van der Waals surface area (Å²) in [5, 5.41) is 21.5. The Balaban J connectivity index is 1.72. The molecule has 27 heavy (non-hydrogen) atoms. The molecule has 7 heteroatoms. The van der Waals surface area contributed by atoms with Gasteiger partial charge in [-0.1, -0.05) is 12.1 Å². The molecule has 0 bridgehead atoms. The number of carbonyl (C=O) groups is 2. The molecule has 138 valence electrons. The molecular weight excluding hydrogens is 342 g/mol. The quantitative estimate of drug-likeness (QED) is 0.636. The van der Waals surface area contributed by atoms with E-state index in [0.717, 1.165) is 17.8 Å². The molecular formula is C20H21N5O2. The number of hydrogen-bond donors (Lipinski definition) is 1. The number of nitrogens with zero attached hydrogens (tertiary/aromatic N) is 4. The summed E-state index contributed by atoms with van der Waals surface area (Å²) >= 11 is 0. The molecule has 1 saturated carbocycles. The number of amides is 1. The number of benzene rings is 1. The summed E-state index contributed by atoms with van der Waals surface area (Å²) in [6.07, 6.45) is 2.09. The number of anilines is 2. The molecule has 1 heterocycles. The summed E-state index contributed by atoms with van der Waals surface area (Å²) in [6, 6.07) is 11.8. The SMILES string of the molecule is CN1C(=C(C#N)C(=O)CCC(=O)NC2(C#N)CCC2)N(C)c2ccccc21. The lowest BCUT2D eigenvalue weighted by atomic mass is 9.78. The maximum absolute atomic E-state index is 12.6. The molecule has 7 nitrogen and oxygen atoms in total. The van der Waals surface area contributed by atoms with Crippen molar-refractivity contribution in [2.24, 2.45) is 0 Å². The second kappa shape index (κ2) is 7.13. The van der Waals surface area contributed by atoms with Crippen LogP contribution in [0, 0.1) is 22.7 Å². The lowest BCUT2D eigenvalue weighted by Gasteiger charge is -2.35. The lowest BCUT2D eigenvalue weighted by molar-refractivity contribution is -0.125. The number of Topliss-reactive ketones (excluding diaryl/α,β-unsaturated/α-hetero) is 1. The Morgan fingerprint density at radius 3 is 2.15 bits per heavy atom. The van der Waals surface area contributed by atoms with E-state index in [2.05, 4.69) is 11.4 Å². The van der Waals surface area contributed by atoms with Gasteiger partial charge in [0, 0.05) is 26.9 Å². The number of carbonyl (C=O) groups excluding carboxylic acids is 2. The minimum absolute atomic E-state index is 0.0302. The van der Waals surface area contributed by atoms with Crippen molar-refractivity contribution in [3.8, 4) is 12.1 Å². The number of ketones is 1. The molecule has 0 aromatic heterocycles. The van der Waals surface area contributed by atoms with E-state index in [9.17, 15) is 20.1 Å². The minimum Gasteiger partial charge on any atom is -0.338 e. The minimum atomic E-state index is -0.774. The summed E-state index contributed by atoms with van der Waals surface area (Å²) in [6.45, 7) is 0. The van der Waals surface area contributed by atoms with E-state index in [4.69, 9.17) is 0 Å². The number of para-hydroxylation sites is 2. The Hall–Kier alpha value is -3.32. The third-order valence-electron chi connectivity index (χ3n) is 5.23. The Labute approximate surface area is 158 Å². The summed E-state index contributed by atoms with van der Waals surface area (Å²) in [5.74, 6) is -0.200. The van der Waals surface area contributed by atoms with Crippen molar-refractivity contribution < 1.29 is 9.59 Å². The topological polar surface area (TPSA) is 100 Å². The highest BCUT2D eigenvalue weighted by Gasteiger charge is 2.38. The Morgan fingerprint density at radius 2 is 1.70 bits per heavy atom. The van der Waals surface area contributed by atoms with Gasteiger partial charge in [-0.3, -0.25) is 9.59 Å². The molecule has 0 unspecified atom stereocenters. The van der Waals surface area contributed by atoms with Gasteiger partial charge in [0.05, 0.1) is 17.4 Å². The number of rotatable bonds is 5. The van der Waals surface area contributed by atoms with E-state index in [1.807, 2.05) is 54.2 Å². The van der Waals surface area contributed by atoms with Crippen LogP contribution in [0.1, 0.15) is 32.1 Å². The molecule has 0 atom stereocenters. The van der Waals surface area contributed by atoms with Gasteiger partial charge in [0.1, 0.15) is 23.0 Å². The molecule has 1 fully saturated rings. The van der Waals surface area contributed by atoms with Crippen LogP contribution in [0.5, 0.6) is 0 Å². The van der Waals surface area contributed by atoms with E-state index < -0.39 is 5.54 Å². The highest BCUT2D eigenvalue weighted by Crippen LogP contribution is 2.40. The van der Waals surface area contributed by atoms with Gasteiger partial charge in [0.15, 0.2) is 5.78 Å². The van der Waals surface area contributed by atoms with Crippen LogP contribution in [-0.4, -0.2) is 31.3 Å². The van der Waals surface area contributed by atoms with Gasteiger partial charge < -0.3 is 15.1 Å². The van der Waals surface area contributed by atoms with Gasteiger partial charge in [-0.25, -0.2) is 0 Å². The van der Waals surface area contributed by atoms with E-state index in [1.165, 1.54) is 0 Å². The zero-order valence-corrected chi connectivity index (χ0v) is 15.5. The first-order valence-electron chi connectivity index (χ1n) is 8.89. The second-order valence-corrected chi connectivity index (χ2v) is 6.94. The van der Waals surface area contributed by atoms with Crippen LogP contribution in [0.25, 0.3) is 0 Å². The fourth-order valence-electron chi connectivity index (χ4n) is 3.53. The predicted octanol–water partition coefficient (Wildman–Crippen LogP) is 2.22. The molecule has 3 rings (SSSR count). The van der Waals surface area contributed by atoms with Crippen LogP contribution in [0.15, 0.2) is 35.7 Å². The van der Waals surface area contributed by atoms with Gasteiger partial charge in [-0.05, 0) is 31.4 Å². The van der Waals surface area contributed by atoms with Crippen molar-refractivity contribution in [3.05, 3.63) is 35.7 Å². The van der Waals surface area contributed by atoms with Crippen molar-refractivity contribution in [1.29, 1.82) is 10.5 Å². The maximum Gasteiger partial charge on any atom is 0.221 e. The third kappa shape index (κ3) is 3.24. The fourth-order valence-corrected chi connectivity index (χ4v) is 3.53. The summed E-state index contributed by atoms with van der Waals surface area (Å²) in [4.78, 5) is 28.4. The highest BCUT2D eigenvalue weighted by molar-refractivity contribution is 6.03. The lowest BCUT2D eigenvalue weighted by Crippen LogP contribution is -2.52. The monoisotopic (exact) mass is 363 g/mol. The molecule has 1 aromatic carbocycles. The van der Waals surface area contributed by atoms with Crippen molar-refractivity contribution in [2.45, 2.75) is 37.6 Å². The molecule has 2 aliphatic rings. The zero-order chi connectivity index (χ0) is 19.6. The number of fused-ring (bicyclic) bond motifs is 1. The van der Waals surface area contributed by atoms with Crippen molar-refractivity contribution in [1.82, 2.24) is 5.32 Å². The molecule has 1 aliphatic heterocycles. The first kappa shape index (κ1) is 18.5. The standard InChI is InChI=1S/C20H21N5O2/c1-24-15-6-3-4-7-16(15)25(2)19(24)14(12-21)17(26)8-9-18(27)23-20(13-22)10-5-11-20/h3-4,6-7H,5,8-11H2,1-2H3,(H,23,27). The zero-order valence-electron chi connectivity index (χ0n) is 15.5. The highest BCUT2D eigenvalue weighted by atomic mass is 16.2.